The molecule has 1 aromatic rings. The Morgan fingerprint density at radius 3 is 3.05 bits per heavy atom. The van der Waals surface area contributed by atoms with E-state index in [2.05, 4.69) is 22.5 Å². The molecule has 1 amide bonds. The third-order valence-corrected chi connectivity index (χ3v) is 4.28. The summed E-state index contributed by atoms with van der Waals surface area (Å²) in [6.07, 6.45) is 1.25. The van der Waals surface area contributed by atoms with Gasteiger partial charge in [0.1, 0.15) is 0 Å². The first-order chi connectivity index (χ1) is 9.15. The summed E-state index contributed by atoms with van der Waals surface area (Å²) in [6, 6.07) is 0. The van der Waals surface area contributed by atoms with Gasteiger partial charge in [0, 0.05) is 30.9 Å². The molecule has 2 N–H and O–H groups in total. The molecule has 0 radical (unpaired) electrons. The second-order valence-corrected chi connectivity index (χ2v) is 6.04. The van der Waals surface area contributed by atoms with Gasteiger partial charge in [-0.2, -0.15) is 0 Å². The van der Waals surface area contributed by atoms with Crippen LogP contribution in [0.3, 0.4) is 0 Å². The zero-order valence-corrected chi connectivity index (χ0v) is 12.3. The van der Waals surface area contributed by atoms with E-state index in [0.717, 1.165) is 30.2 Å². The number of morpholine rings is 1. The van der Waals surface area contributed by atoms with Gasteiger partial charge in [-0.25, -0.2) is 4.98 Å². The molecule has 0 saturated carbocycles. The fraction of sp³-hybridized carbons (Fsp3) is 0.692. The lowest BCUT2D eigenvalue weighted by molar-refractivity contribution is -0.124. The molecule has 0 bridgehead atoms. The van der Waals surface area contributed by atoms with E-state index in [4.69, 9.17) is 4.74 Å². The van der Waals surface area contributed by atoms with Crippen LogP contribution in [0.1, 0.15) is 22.0 Å². The normalized spacial score (nSPS) is 19.4. The zero-order valence-electron chi connectivity index (χ0n) is 11.5. The van der Waals surface area contributed by atoms with Gasteiger partial charge >= 0.3 is 0 Å². The lowest BCUT2D eigenvalue weighted by Gasteiger charge is -2.22. The summed E-state index contributed by atoms with van der Waals surface area (Å²) >= 11 is 1.70. The van der Waals surface area contributed by atoms with Crippen molar-refractivity contribution in [1.29, 1.82) is 0 Å². The van der Waals surface area contributed by atoms with Crippen LogP contribution in [0.25, 0.3) is 0 Å². The third kappa shape index (κ3) is 4.56. The van der Waals surface area contributed by atoms with Crippen LogP contribution in [0.15, 0.2) is 0 Å². The van der Waals surface area contributed by atoms with Gasteiger partial charge in [-0.1, -0.05) is 0 Å². The van der Waals surface area contributed by atoms with Crippen LogP contribution in [0, 0.1) is 13.8 Å². The van der Waals surface area contributed by atoms with Crippen LogP contribution in [-0.4, -0.2) is 43.2 Å². The van der Waals surface area contributed by atoms with E-state index in [1.165, 1.54) is 4.88 Å². The Morgan fingerprint density at radius 1 is 1.58 bits per heavy atom. The molecule has 1 aromatic heterocycles. The quantitative estimate of drug-likeness (QED) is 0.839. The van der Waals surface area contributed by atoms with Crippen molar-refractivity contribution >= 4 is 17.2 Å². The van der Waals surface area contributed by atoms with Crippen molar-refractivity contribution in [3.05, 3.63) is 15.6 Å². The van der Waals surface area contributed by atoms with Crippen LogP contribution in [0.5, 0.6) is 0 Å². The highest BCUT2D eigenvalue weighted by molar-refractivity contribution is 7.11. The molecule has 2 heterocycles. The van der Waals surface area contributed by atoms with Gasteiger partial charge in [0.2, 0.25) is 5.91 Å². The SMILES string of the molecule is Cc1nc(CCNC(=O)C[C@H]2CNCCO2)sc1C. The molecule has 0 aliphatic carbocycles. The van der Waals surface area contributed by atoms with Crippen LogP contribution in [0.2, 0.25) is 0 Å². The van der Waals surface area contributed by atoms with Crippen molar-refractivity contribution < 1.29 is 9.53 Å². The first-order valence-corrected chi connectivity index (χ1v) is 7.48. The second kappa shape index (κ2) is 6.98. The Morgan fingerprint density at radius 2 is 2.42 bits per heavy atom. The van der Waals surface area contributed by atoms with Gasteiger partial charge in [0.15, 0.2) is 0 Å². The Bertz CT molecular complexity index is 408. The van der Waals surface area contributed by atoms with Crippen molar-refractivity contribution in [3.63, 3.8) is 0 Å². The predicted molar refractivity (Wildman–Crippen MR) is 75.5 cm³/mol. The summed E-state index contributed by atoms with van der Waals surface area (Å²) in [4.78, 5) is 17.4. The minimum atomic E-state index is 0.0121. The molecule has 106 valence electrons. The number of amides is 1. The Labute approximate surface area is 117 Å². The van der Waals surface area contributed by atoms with Crippen molar-refractivity contribution in [2.24, 2.45) is 0 Å². The van der Waals surface area contributed by atoms with Gasteiger partial charge in [-0.3, -0.25) is 4.79 Å². The summed E-state index contributed by atoms with van der Waals surface area (Å²) in [5, 5.41) is 7.23. The summed E-state index contributed by atoms with van der Waals surface area (Å²) in [5.41, 5.74) is 1.09. The lowest BCUT2D eigenvalue weighted by atomic mass is 10.2. The number of aromatic nitrogens is 1. The highest BCUT2D eigenvalue weighted by Gasteiger charge is 2.16. The molecular weight excluding hydrogens is 262 g/mol. The summed E-state index contributed by atoms with van der Waals surface area (Å²) < 4.78 is 5.50. The average Bonchev–Trinajstić information content (AvgIpc) is 2.70. The fourth-order valence-electron chi connectivity index (χ4n) is 1.98. The van der Waals surface area contributed by atoms with Crippen molar-refractivity contribution in [1.82, 2.24) is 15.6 Å². The molecule has 6 heteroatoms. The first-order valence-electron chi connectivity index (χ1n) is 6.67. The van der Waals surface area contributed by atoms with E-state index in [-0.39, 0.29) is 12.0 Å². The third-order valence-electron chi connectivity index (χ3n) is 3.15. The molecular formula is C13H21N3O2S. The summed E-state index contributed by atoms with van der Waals surface area (Å²) in [5.74, 6) is 0.0544. The maximum atomic E-state index is 11.7. The second-order valence-electron chi connectivity index (χ2n) is 4.75. The Kier molecular flexibility index (Phi) is 5.30. The molecule has 5 nitrogen and oxygen atoms in total. The van der Waals surface area contributed by atoms with Gasteiger partial charge < -0.3 is 15.4 Å². The standard InChI is InChI=1S/C13H21N3O2S/c1-9-10(2)19-13(16-9)3-4-15-12(17)7-11-8-14-5-6-18-11/h11,14H,3-8H2,1-2H3,(H,15,17)/t11-/m0/s1. The highest BCUT2D eigenvalue weighted by atomic mass is 32.1. The first kappa shape index (κ1) is 14.4. The van der Waals surface area contributed by atoms with E-state index in [1.807, 2.05) is 6.92 Å². The van der Waals surface area contributed by atoms with E-state index in [0.29, 0.717) is 19.6 Å². The Hall–Kier alpha value is -0.980. The highest BCUT2D eigenvalue weighted by Crippen LogP contribution is 2.16. The smallest absolute Gasteiger partial charge is 0.222 e. The number of ether oxygens (including phenoxy) is 1. The predicted octanol–water partition coefficient (Wildman–Crippen LogP) is 0.797. The maximum absolute atomic E-state index is 11.7. The summed E-state index contributed by atoms with van der Waals surface area (Å²) in [7, 11) is 0. The number of nitrogens with one attached hydrogen (secondary N) is 2. The monoisotopic (exact) mass is 283 g/mol. The fourth-order valence-corrected chi connectivity index (χ4v) is 2.92. The number of hydrogen-bond donors (Lipinski definition) is 2. The molecule has 1 aliphatic heterocycles. The van der Waals surface area contributed by atoms with Gasteiger partial charge in [0.05, 0.1) is 29.8 Å². The molecule has 1 aliphatic rings. The van der Waals surface area contributed by atoms with E-state index in [1.54, 1.807) is 11.3 Å². The largest absolute Gasteiger partial charge is 0.375 e. The number of nitrogens with zero attached hydrogens (tertiary/aromatic N) is 1. The number of carbonyl (C=O) groups excluding carboxylic acids is 1. The van der Waals surface area contributed by atoms with Gasteiger partial charge in [-0.05, 0) is 13.8 Å². The molecule has 1 atom stereocenters. The molecule has 19 heavy (non-hydrogen) atoms. The van der Waals surface area contributed by atoms with E-state index in [9.17, 15) is 4.79 Å². The van der Waals surface area contributed by atoms with Crippen LogP contribution < -0.4 is 10.6 Å². The number of aryl methyl sites for hydroxylation is 2. The Balaban J connectivity index is 1.66. The molecule has 2 rings (SSSR count). The van der Waals surface area contributed by atoms with Crippen LogP contribution in [0.4, 0.5) is 0 Å². The molecule has 0 spiro atoms. The van der Waals surface area contributed by atoms with Crippen molar-refractivity contribution in [2.45, 2.75) is 32.8 Å². The van der Waals surface area contributed by atoms with Gasteiger partial charge in [-0.15, -0.1) is 11.3 Å². The average molecular weight is 283 g/mol. The number of rotatable bonds is 5. The minimum Gasteiger partial charge on any atom is -0.375 e. The lowest BCUT2D eigenvalue weighted by Crippen LogP contribution is -2.41. The van der Waals surface area contributed by atoms with Crippen molar-refractivity contribution in [2.75, 3.05) is 26.2 Å². The molecule has 1 saturated heterocycles. The molecule has 0 unspecified atom stereocenters. The van der Waals surface area contributed by atoms with E-state index < -0.39 is 0 Å². The van der Waals surface area contributed by atoms with Crippen LogP contribution in [-0.2, 0) is 16.0 Å². The number of hydrogen-bond acceptors (Lipinski definition) is 5. The maximum Gasteiger partial charge on any atom is 0.222 e. The van der Waals surface area contributed by atoms with E-state index >= 15 is 0 Å². The summed E-state index contributed by atoms with van der Waals surface area (Å²) in [6.45, 7) is 7.06. The van der Waals surface area contributed by atoms with Gasteiger partial charge in [0.25, 0.3) is 0 Å². The number of carbonyl (C=O) groups is 1. The topological polar surface area (TPSA) is 63.2 Å². The number of thiazole rings is 1. The van der Waals surface area contributed by atoms with Crippen LogP contribution >= 0.6 is 11.3 Å². The zero-order chi connectivity index (χ0) is 13.7. The molecule has 0 aromatic carbocycles. The van der Waals surface area contributed by atoms with Crippen molar-refractivity contribution in [3.8, 4) is 0 Å². The molecule has 1 fully saturated rings. The minimum absolute atomic E-state index is 0.0121.